The van der Waals surface area contributed by atoms with Crippen LogP contribution in [-0.2, 0) is 20.1 Å². The summed E-state index contributed by atoms with van der Waals surface area (Å²) in [7, 11) is 0. The summed E-state index contributed by atoms with van der Waals surface area (Å²) >= 11 is 11.9. The van der Waals surface area contributed by atoms with E-state index in [0.717, 1.165) is 11.1 Å². The number of benzene rings is 2. The maximum Gasteiger partial charge on any atom is 0.252 e. The fraction of sp³-hybridized carbons (Fsp3) is 0.375. The lowest BCUT2D eigenvalue weighted by molar-refractivity contribution is -0.160. The highest BCUT2D eigenvalue weighted by molar-refractivity contribution is 6.35. The summed E-state index contributed by atoms with van der Waals surface area (Å²) < 4.78 is 13.8. The summed E-state index contributed by atoms with van der Waals surface area (Å²) in [6.45, 7) is 6.17. The predicted octanol–water partition coefficient (Wildman–Crippen LogP) is 5.46. The van der Waals surface area contributed by atoms with Gasteiger partial charge in [-0.3, -0.25) is 14.4 Å². The van der Waals surface area contributed by atoms with Crippen LogP contribution >= 0.6 is 23.2 Å². The van der Waals surface area contributed by atoms with E-state index in [4.69, 9.17) is 32.9 Å². The van der Waals surface area contributed by atoms with Gasteiger partial charge in [-0.25, -0.2) is 9.45 Å². The van der Waals surface area contributed by atoms with Crippen LogP contribution in [-0.4, -0.2) is 35.6 Å². The predicted molar refractivity (Wildman–Crippen MR) is 123 cm³/mol. The Labute approximate surface area is 201 Å². The number of amides is 1. The van der Waals surface area contributed by atoms with E-state index in [1.807, 2.05) is 32.9 Å². The number of ketones is 1. The van der Waals surface area contributed by atoms with Crippen LogP contribution in [0, 0.1) is 18.7 Å². The molecule has 0 saturated carbocycles. The number of carbonyl (C=O) groups is 2. The number of nitrogens with zero attached hydrogens (tertiary/aromatic N) is 2. The topological polar surface area (TPSA) is 68.2 Å². The summed E-state index contributed by atoms with van der Waals surface area (Å²) in [5.74, 6) is -1.39. The Morgan fingerprint density at radius 2 is 1.97 bits per heavy atom. The zero-order valence-corrected chi connectivity index (χ0v) is 20.0. The van der Waals surface area contributed by atoms with Gasteiger partial charge in [0.1, 0.15) is 0 Å². The molecule has 1 unspecified atom stereocenters. The fourth-order valence-electron chi connectivity index (χ4n) is 4.11. The van der Waals surface area contributed by atoms with Crippen LogP contribution in [0.5, 0.6) is 0 Å². The van der Waals surface area contributed by atoms with Gasteiger partial charge in [0, 0.05) is 30.5 Å². The van der Waals surface area contributed by atoms with Gasteiger partial charge in [0.2, 0.25) is 0 Å². The maximum atomic E-state index is 13.8. The molecular formula is C24H23Cl2FN2O4. The van der Waals surface area contributed by atoms with Crippen molar-refractivity contribution in [3.63, 3.8) is 0 Å². The number of carbonyl (C=O) groups excluding carboxylic acids is 2. The van der Waals surface area contributed by atoms with Gasteiger partial charge >= 0.3 is 0 Å². The molecule has 2 aliphatic rings. The summed E-state index contributed by atoms with van der Waals surface area (Å²) in [6, 6.07) is 8.40. The monoisotopic (exact) mass is 492 g/mol. The molecule has 1 amide bonds. The molecule has 2 aromatic rings. The van der Waals surface area contributed by atoms with Gasteiger partial charge in [-0.15, -0.1) is 0 Å². The zero-order chi connectivity index (χ0) is 23.9. The Morgan fingerprint density at radius 1 is 1.27 bits per heavy atom. The molecule has 6 nitrogen and oxygen atoms in total. The summed E-state index contributed by atoms with van der Waals surface area (Å²) in [6.07, 6.45) is 0.516. The average Bonchev–Trinajstić information content (AvgIpc) is 3.35. The molecule has 0 spiro atoms. The number of halogens is 3. The summed E-state index contributed by atoms with van der Waals surface area (Å²) in [5.41, 5.74) is 2.60. The maximum absolute atomic E-state index is 13.8. The molecule has 33 heavy (non-hydrogen) atoms. The minimum absolute atomic E-state index is 0.0808. The van der Waals surface area contributed by atoms with E-state index in [9.17, 15) is 14.0 Å². The van der Waals surface area contributed by atoms with Gasteiger partial charge in [-0.2, -0.15) is 0 Å². The van der Waals surface area contributed by atoms with Crippen LogP contribution in [0.2, 0.25) is 10.0 Å². The van der Waals surface area contributed by atoms with Gasteiger partial charge in [-0.05, 0) is 50.1 Å². The lowest BCUT2D eigenvalue weighted by Crippen LogP contribution is -2.27. The number of oxime groups is 1. The largest absolute Gasteiger partial charge is 0.384 e. The number of hydroxylamine groups is 2. The highest BCUT2D eigenvalue weighted by atomic mass is 35.5. The minimum Gasteiger partial charge on any atom is -0.384 e. The van der Waals surface area contributed by atoms with E-state index in [2.05, 4.69) is 5.16 Å². The molecule has 2 atom stereocenters. The van der Waals surface area contributed by atoms with E-state index in [1.165, 1.54) is 17.2 Å². The third-order valence-electron chi connectivity index (χ3n) is 6.06. The minimum atomic E-state index is -0.854. The van der Waals surface area contributed by atoms with Gasteiger partial charge in [0.05, 0.1) is 28.3 Å². The number of rotatable bonds is 6. The van der Waals surface area contributed by atoms with Crippen molar-refractivity contribution >= 4 is 40.6 Å². The normalized spacial score (nSPS) is 22.5. The van der Waals surface area contributed by atoms with Crippen LogP contribution in [0.1, 0.15) is 53.7 Å². The third-order valence-corrected chi connectivity index (χ3v) is 6.61. The molecule has 9 heteroatoms. The summed E-state index contributed by atoms with van der Waals surface area (Å²) in [5, 5.41) is 5.36. The van der Waals surface area contributed by atoms with Crippen molar-refractivity contribution in [2.24, 2.45) is 11.1 Å². The molecule has 174 valence electrons. The van der Waals surface area contributed by atoms with Gasteiger partial charge in [0.25, 0.3) is 5.91 Å². The van der Waals surface area contributed by atoms with Crippen LogP contribution in [0.4, 0.5) is 4.39 Å². The van der Waals surface area contributed by atoms with Crippen LogP contribution < -0.4 is 0 Å². The smallest absolute Gasteiger partial charge is 0.252 e. The Morgan fingerprint density at radius 3 is 2.58 bits per heavy atom. The van der Waals surface area contributed by atoms with Crippen LogP contribution in [0.15, 0.2) is 35.5 Å². The molecule has 2 heterocycles. The number of hydrogen-bond acceptors (Lipinski definition) is 5. The Kier molecular flexibility index (Phi) is 6.49. The first-order valence-electron chi connectivity index (χ1n) is 10.6. The second-order valence-corrected chi connectivity index (χ2v) is 9.29. The number of aryl methyl sites for hydroxylation is 1. The van der Waals surface area contributed by atoms with E-state index in [0.29, 0.717) is 29.8 Å². The molecule has 4 rings (SSSR count). The first-order valence-corrected chi connectivity index (χ1v) is 11.4. The first kappa shape index (κ1) is 23.7. The summed E-state index contributed by atoms with van der Waals surface area (Å²) in [4.78, 5) is 36.1. The van der Waals surface area contributed by atoms with Crippen molar-refractivity contribution in [3.8, 4) is 0 Å². The lowest BCUT2D eigenvalue weighted by Gasteiger charge is -2.22. The molecule has 0 bridgehead atoms. The number of hydrogen-bond donors (Lipinski definition) is 0. The molecule has 0 N–H and O–H groups in total. The van der Waals surface area contributed by atoms with E-state index >= 15 is 0 Å². The molecule has 1 fully saturated rings. The van der Waals surface area contributed by atoms with Crippen LogP contribution in [0.3, 0.4) is 0 Å². The van der Waals surface area contributed by atoms with Gasteiger partial charge in [-0.1, -0.05) is 40.5 Å². The third kappa shape index (κ3) is 4.50. The highest BCUT2D eigenvalue weighted by Gasteiger charge is 2.38. The Balaban J connectivity index is 1.48. The number of Topliss-reactive ketones (excluding diaryl/α,β-unsaturated/α-hetero) is 1. The SMILES string of the molecule is CCN1OC[C@@H](CC(=O)c2ccc(C3=NOC(C)(c4cc(Cl)c(F)c(Cl)c4)C3)cc2C)C1=O. The molecule has 2 aromatic carbocycles. The van der Waals surface area contributed by atoms with Crippen molar-refractivity contribution in [1.82, 2.24) is 5.06 Å². The van der Waals surface area contributed by atoms with E-state index in [1.54, 1.807) is 6.07 Å². The average molecular weight is 493 g/mol. The van der Waals surface area contributed by atoms with Crippen LogP contribution in [0.25, 0.3) is 0 Å². The van der Waals surface area contributed by atoms with Crippen molar-refractivity contribution in [1.29, 1.82) is 0 Å². The second kappa shape index (κ2) is 9.05. The zero-order valence-electron chi connectivity index (χ0n) is 18.5. The Bertz CT molecular complexity index is 1150. The van der Waals surface area contributed by atoms with Gasteiger partial charge < -0.3 is 4.84 Å². The standard InChI is InChI=1S/C24H23Cl2FN2O4/c1-4-29-23(31)15(12-32-29)8-21(30)17-6-5-14(7-13(17)2)20-11-24(3,33-28-20)16-9-18(25)22(27)19(26)10-16/h5-7,9-10,15H,4,8,11-12H2,1-3H3/t15-,24?/m1/s1. The van der Waals surface area contributed by atoms with E-state index < -0.39 is 17.3 Å². The molecule has 2 aliphatic heterocycles. The molecule has 0 aromatic heterocycles. The highest BCUT2D eigenvalue weighted by Crippen LogP contribution is 2.39. The lowest BCUT2D eigenvalue weighted by atomic mass is 9.88. The van der Waals surface area contributed by atoms with Crippen molar-refractivity contribution in [2.45, 2.75) is 39.2 Å². The van der Waals surface area contributed by atoms with Gasteiger partial charge in [0.15, 0.2) is 17.2 Å². The Hall–Kier alpha value is -2.48. The first-order chi connectivity index (χ1) is 15.6. The molecule has 0 radical (unpaired) electrons. The molecule has 0 aliphatic carbocycles. The van der Waals surface area contributed by atoms with Crippen molar-refractivity contribution < 1.29 is 23.7 Å². The molecule has 1 saturated heterocycles. The van der Waals surface area contributed by atoms with Crippen molar-refractivity contribution in [3.05, 3.63) is 68.4 Å². The quantitative estimate of drug-likeness (QED) is 0.396. The van der Waals surface area contributed by atoms with E-state index in [-0.39, 0.29) is 34.8 Å². The fourth-order valence-corrected chi connectivity index (χ4v) is 4.60. The second-order valence-electron chi connectivity index (χ2n) is 8.47. The van der Waals surface area contributed by atoms with Crippen molar-refractivity contribution in [2.75, 3.05) is 13.2 Å². The molecular weight excluding hydrogens is 470 g/mol.